The first-order valence-corrected chi connectivity index (χ1v) is 7.28. The molecule has 0 saturated heterocycles. The van der Waals surface area contributed by atoms with Crippen LogP contribution in [-0.2, 0) is 0 Å². The van der Waals surface area contributed by atoms with Crippen molar-refractivity contribution in [2.75, 3.05) is 6.79 Å². The lowest BCUT2D eigenvalue weighted by molar-refractivity contribution is 0.174. The van der Waals surface area contributed by atoms with Gasteiger partial charge in [-0.1, -0.05) is 24.8 Å². The molecule has 2 aromatic carbocycles. The molecule has 0 saturated carbocycles. The number of hydrogen-bond donors (Lipinski definition) is 0. The highest BCUT2D eigenvalue weighted by molar-refractivity contribution is 5.87. The highest BCUT2D eigenvalue weighted by Gasteiger charge is 2.19. The van der Waals surface area contributed by atoms with E-state index in [4.69, 9.17) is 13.9 Å². The van der Waals surface area contributed by atoms with Crippen molar-refractivity contribution in [2.45, 2.75) is 6.92 Å². The standard InChI is InChI=1S/C19H14O4/c1-3-14-17(12-7-8-15-16(9-12)22-10-21-15)18(20)13-6-4-5-11(2)19(13)23-14/h3-9H,1,10H2,2H3. The Bertz CT molecular complexity index is 998. The summed E-state index contributed by atoms with van der Waals surface area (Å²) < 4.78 is 16.7. The van der Waals surface area contributed by atoms with Gasteiger partial charge >= 0.3 is 0 Å². The zero-order chi connectivity index (χ0) is 16.0. The van der Waals surface area contributed by atoms with E-state index < -0.39 is 0 Å². The minimum Gasteiger partial charge on any atom is -0.456 e. The van der Waals surface area contributed by atoms with Crippen LogP contribution in [0.3, 0.4) is 0 Å². The molecule has 0 radical (unpaired) electrons. The number of rotatable bonds is 2. The zero-order valence-electron chi connectivity index (χ0n) is 12.6. The van der Waals surface area contributed by atoms with Crippen LogP contribution in [0, 0.1) is 6.92 Å². The predicted octanol–water partition coefficient (Wildman–Crippen LogP) is 4.14. The van der Waals surface area contributed by atoms with Gasteiger partial charge in [0.1, 0.15) is 11.3 Å². The van der Waals surface area contributed by atoms with Crippen LogP contribution in [0.1, 0.15) is 11.3 Å². The monoisotopic (exact) mass is 306 g/mol. The quantitative estimate of drug-likeness (QED) is 0.714. The average Bonchev–Trinajstić information content (AvgIpc) is 3.03. The Labute approximate surface area is 132 Å². The molecule has 0 aliphatic carbocycles. The van der Waals surface area contributed by atoms with Gasteiger partial charge in [-0.25, -0.2) is 0 Å². The van der Waals surface area contributed by atoms with Gasteiger partial charge in [-0.2, -0.15) is 0 Å². The van der Waals surface area contributed by atoms with Gasteiger partial charge in [0.05, 0.1) is 10.9 Å². The van der Waals surface area contributed by atoms with Gasteiger partial charge in [0.15, 0.2) is 11.5 Å². The second kappa shape index (κ2) is 5.02. The van der Waals surface area contributed by atoms with Gasteiger partial charge in [-0.3, -0.25) is 4.79 Å². The van der Waals surface area contributed by atoms with Gasteiger partial charge in [0, 0.05) is 0 Å². The van der Waals surface area contributed by atoms with E-state index in [0.29, 0.717) is 33.8 Å². The molecule has 3 aromatic rings. The minimum atomic E-state index is -0.0799. The van der Waals surface area contributed by atoms with E-state index in [1.165, 1.54) is 0 Å². The lowest BCUT2D eigenvalue weighted by Crippen LogP contribution is -2.08. The maximum absolute atomic E-state index is 13.0. The molecule has 4 nitrogen and oxygen atoms in total. The maximum Gasteiger partial charge on any atom is 0.231 e. The Morgan fingerprint density at radius 1 is 1.13 bits per heavy atom. The van der Waals surface area contributed by atoms with Crippen LogP contribution < -0.4 is 14.9 Å². The third-order valence-corrected chi connectivity index (χ3v) is 3.99. The van der Waals surface area contributed by atoms with Gasteiger partial charge in [-0.05, 0) is 42.3 Å². The van der Waals surface area contributed by atoms with Gasteiger partial charge < -0.3 is 13.9 Å². The fourth-order valence-electron chi connectivity index (χ4n) is 2.84. The van der Waals surface area contributed by atoms with E-state index in [-0.39, 0.29) is 12.2 Å². The van der Waals surface area contributed by atoms with Crippen molar-refractivity contribution >= 4 is 17.0 Å². The topological polar surface area (TPSA) is 48.7 Å². The molecule has 2 heterocycles. The van der Waals surface area contributed by atoms with Crippen molar-refractivity contribution < 1.29 is 13.9 Å². The first-order valence-electron chi connectivity index (χ1n) is 7.28. The van der Waals surface area contributed by atoms with Crippen molar-refractivity contribution in [1.29, 1.82) is 0 Å². The van der Waals surface area contributed by atoms with Crippen LogP contribution in [0.25, 0.3) is 28.2 Å². The van der Waals surface area contributed by atoms with E-state index >= 15 is 0 Å². The summed E-state index contributed by atoms with van der Waals surface area (Å²) in [6.45, 7) is 5.89. The molecule has 1 aromatic heterocycles. The second-order valence-corrected chi connectivity index (χ2v) is 5.39. The van der Waals surface area contributed by atoms with Crippen molar-refractivity contribution in [3.8, 4) is 22.6 Å². The molecule has 0 amide bonds. The molecule has 4 rings (SSSR count). The number of fused-ring (bicyclic) bond motifs is 2. The first-order chi connectivity index (χ1) is 11.2. The van der Waals surface area contributed by atoms with Crippen LogP contribution in [0.15, 0.2) is 52.2 Å². The number of para-hydroxylation sites is 1. The summed E-state index contributed by atoms with van der Waals surface area (Å²) in [6.07, 6.45) is 1.56. The molecular weight excluding hydrogens is 292 g/mol. The van der Waals surface area contributed by atoms with Gasteiger partial charge in [-0.15, -0.1) is 0 Å². The summed E-state index contributed by atoms with van der Waals surface area (Å²) in [5, 5.41) is 0.559. The molecule has 0 unspecified atom stereocenters. The number of benzene rings is 2. The largest absolute Gasteiger partial charge is 0.456 e. The van der Waals surface area contributed by atoms with Crippen molar-refractivity contribution in [3.05, 3.63) is 64.5 Å². The molecule has 23 heavy (non-hydrogen) atoms. The number of aryl methyl sites for hydroxylation is 1. The normalized spacial score (nSPS) is 12.6. The fourth-order valence-corrected chi connectivity index (χ4v) is 2.84. The number of ether oxygens (including phenoxy) is 2. The molecule has 114 valence electrons. The highest BCUT2D eigenvalue weighted by atomic mass is 16.7. The van der Waals surface area contributed by atoms with Crippen molar-refractivity contribution in [1.82, 2.24) is 0 Å². The van der Waals surface area contributed by atoms with E-state index in [9.17, 15) is 4.79 Å². The molecule has 0 atom stereocenters. The molecule has 1 aliphatic heterocycles. The van der Waals surface area contributed by atoms with E-state index in [1.807, 2.05) is 25.1 Å². The van der Waals surface area contributed by atoms with Gasteiger partial charge in [0.25, 0.3) is 0 Å². The third kappa shape index (κ3) is 2.03. The van der Waals surface area contributed by atoms with Crippen LogP contribution in [0.4, 0.5) is 0 Å². The van der Waals surface area contributed by atoms with Crippen LogP contribution in [0.5, 0.6) is 11.5 Å². The Morgan fingerprint density at radius 3 is 2.78 bits per heavy atom. The SMILES string of the molecule is C=Cc1oc2c(C)cccc2c(=O)c1-c1ccc2c(c1)OCO2. The fraction of sp³-hybridized carbons (Fsp3) is 0.105. The van der Waals surface area contributed by atoms with Crippen molar-refractivity contribution in [2.24, 2.45) is 0 Å². The minimum absolute atomic E-state index is 0.0799. The van der Waals surface area contributed by atoms with Crippen LogP contribution in [0.2, 0.25) is 0 Å². The predicted molar refractivity (Wildman–Crippen MR) is 88.9 cm³/mol. The lowest BCUT2D eigenvalue weighted by atomic mass is 10.0. The molecular formula is C19H14O4. The van der Waals surface area contributed by atoms with E-state index in [2.05, 4.69) is 6.58 Å². The molecule has 0 N–H and O–H groups in total. The third-order valence-electron chi connectivity index (χ3n) is 3.99. The van der Waals surface area contributed by atoms with Crippen LogP contribution >= 0.6 is 0 Å². The molecule has 4 heteroatoms. The first kappa shape index (κ1) is 13.6. The summed E-state index contributed by atoms with van der Waals surface area (Å²) in [6, 6.07) is 11.0. The summed E-state index contributed by atoms with van der Waals surface area (Å²) in [4.78, 5) is 13.0. The molecule has 0 bridgehead atoms. The van der Waals surface area contributed by atoms with E-state index in [0.717, 1.165) is 11.1 Å². The highest BCUT2D eigenvalue weighted by Crippen LogP contribution is 2.36. The summed E-state index contributed by atoms with van der Waals surface area (Å²) in [7, 11) is 0. The Morgan fingerprint density at radius 2 is 1.96 bits per heavy atom. The van der Waals surface area contributed by atoms with Crippen molar-refractivity contribution in [3.63, 3.8) is 0 Å². The Kier molecular flexibility index (Phi) is 2.98. The molecule has 0 spiro atoms. The zero-order valence-corrected chi connectivity index (χ0v) is 12.6. The molecule has 0 fully saturated rings. The van der Waals surface area contributed by atoms with E-state index in [1.54, 1.807) is 24.3 Å². The Hall–Kier alpha value is -3.01. The molecule has 1 aliphatic rings. The van der Waals surface area contributed by atoms with Gasteiger partial charge in [0.2, 0.25) is 12.2 Å². The number of hydrogen-bond acceptors (Lipinski definition) is 4. The lowest BCUT2D eigenvalue weighted by Gasteiger charge is -2.09. The van der Waals surface area contributed by atoms with Crippen LogP contribution in [-0.4, -0.2) is 6.79 Å². The summed E-state index contributed by atoms with van der Waals surface area (Å²) in [5.74, 6) is 1.76. The summed E-state index contributed by atoms with van der Waals surface area (Å²) in [5.41, 5.74) is 2.64. The second-order valence-electron chi connectivity index (χ2n) is 5.39. The average molecular weight is 306 g/mol. The Balaban J connectivity index is 2.05. The maximum atomic E-state index is 13.0. The summed E-state index contributed by atoms with van der Waals surface area (Å²) >= 11 is 0. The smallest absolute Gasteiger partial charge is 0.231 e.